The van der Waals surface area contributed by atoms with Gasteiger partial charge in [0, 0.05) is 5.33 Å². The van der Waals surface area contributed by atoms with Crippen molar-refractivity contribution >= 4 is 31.6 Å². The summed E-state index contributed by atoms with van der Waals surface area (Å²) in [5, 5.41) is 0.706. The third kappa shape index (κ3) is 3.22. The molecule has 2 aromatic rings. The van der Waals surface area contributed by atoms with Gasteiger partial charge < -0.3 is 0 Å². The van der Waals surface area contributed by atoms with Crippen LogP contribution in [0.1, 0.15) is 16.7 Å². The Hall–Kier alpha value is -1.33. The number of rotatable bonds is 4. The van der Waals surface area contributed by atoms with Gasteiger partial charge in [-0.25, -0.2) is 8.42 Å². The number of alkyl halides is 1. The summed E-state index contributed by atoms with van der Waals surface area (Å²) in [6.45, 7) is 3.86. The highest BCUT2D eigenvalue weighted by molar-refractivity contribution is 9.08. The zero-order chi connectivity index (χ0) is 14.8. The lowest BCUT2D eigenvalue weighted by Gasteiger charge is -2.12. The van der Waals surface area contributed by atoms with Crippen LogP contribution in [0.25, 0.3) is 0 Å². The summed E-state index contributed by atoms with van der Waals surface area (Å²) in [4.78, 5) is 0.267. The van der Waals surface area contributed by atoms with Gasteiger partial charge in [-0.1, -0.05) is 40.2 Å². The number of sulfonamides is 1. The van der Waals surface area contributed by atoms with Gasteiger partial charge in [0.05, 0.1) is 10.6 Å². The number of aryl methyl sites for hydroxylation is 1. The molecular weight excluding hydrogens is 338 g/mol. The Labute approximate surface area is 128 Å². The zero-order valence-corrected chi connectivity index (χ0v) is 13.8. The molecule has 0 aromatic heterocycles. The van der Waals surface area contributed by atoms with Crippen LogP contribution in [0.4, 0.5) is 5.69 Å². The molecule has 5 heteroatoms. The molecule has 0 aliphatic carbocycles. The molecule has 0 saturated carbocycles. The van der Waals surface area contributed by atoms with Crippen LogP contribution >= 0.6 is 15.9 Å². The average molecular weight is 354 g/mol. The molecule has 0 unspecified atom stereocenters. The first kappa shape index (κ1) is 15.1. The van der Waals surface area contributed by atoms with E-state index in [4.69, 9.17) is 0 Å². The minimum Gasteiger partial charge on any atom is -0.279 e. The maximum absolute atomic E-state index is 12.3. The van der Waals surface area contributed by atoms with Crippen LogP contribution in [0.5, 0.6) is 0 Å². The number of hydrogen-bond acceptors (Lipinski definition) is 2. The van der Waals surface area contributed by atoms with Crippen molar-refractivity contribution in [1.82, 2.24) is 0 Å². The summed E-state index contributed by atoms with van der Waals surface area (Å²) >= 11 is 3.34. The summed E-state index contributed by atoms with van der Waals surface area (Å²) < 4.78 is 27.3. The molecule has 0 fully saturated rings. The average Bonchev–Trinajstić information content (AvgIpc) is 2.44. The molecular formula is C15H16BrNO2S. The second-order valence-electron chi connectivity index (χ2n) is 4.63. The molecule has 0 radical (unpaired) electrons. The molecule has 0 heterocycles. The van der Waals surface area contributed by atoms with Crippen LogP contribution in [-0.2, 0) is 15.4 Å². The van der Waals surface area contributed by atoms with E-state index in [0.717, 1.165) is 16.7 Å². The molecule has 106 valence electrons. The maximum atomic E-state index is 12.3. The first-order valence-corrected chi connectivity index (χ1v) is 8.78. The number of benzene rings is 2. The number of hydrogen-bond donors (Lipinski definition) is 1. The van der Waals surface area contributed by atoms with Gasteiger partial charge in [-0.2, -0.15) is 0 Å². The Kier molecular flexibility index (Phi) is 4.50. The summed E-state index contributed by atoms with van der Waals surface area (Å²) in [7, 11) is -3.54. The van der Waals surface area contributed by atoms with E-state index in [1.165, 1.54) is 0 Å². The van der Waals surface area contributed by atoms with E-state index >= 15 is 0 Å². The number of anilines is 1. The molecule has 0 aliphatic heterocycles. The van der Waals surface area contributed by atoms with Crippen molar-refractivity contribution in [3.05, 3.63) is 59.2 Å². The first-order valence-electron chi connectivity index (χ1n) is 6.18. The Bertz CT molecular complexity index is 709. The first-order chi connectivity index (χ1) is 9.44. The minimum atomic E-state index is -3.54. The Morgan fingerprint density at radius 1 is 1.05 bits per heavy atom. The van der Waals surface area contributed by atoms with Crippen molar-refractivity contribution in [2.75, 3.05) is 4.72 Å². The van der Waals surface area contributed by atoms with Crippen LogP contribution in [0.15, 0.2) is 47.4 Å². The van der Waals surface area contributed by atoms with Crippen LogP contribution in [-0.4, -0.2) is 8.42 Å². The fraction of sp³-hybridized carbons (Fsp3) is 0.200. The van der Waals surface area contributed by atoms with E-state index in [9.17, 15) is 8.42 Å². The van der Waals surface area contributed by atoms with Gasteiger partial charge >= 0.3 is 0 Å². The molecule has 1 N–H and O–H groups in total. The van der Waals surface area contributed by atoms with Gasteiger partial charge in [0.15, 0.2) is 0 Å². The van der Waals surface area contributed by atoms with E-state index in [-0.39, 0.29) is 4.90 Å². The Morgan fingerprint density at radius 2 is 1.70 bits per heavy atom. The highest BCUT2D eigenvalue weighted by atomic mass is 79.9. The van der Waals surface area contributed by atoms with Crippen molar-refractivity contribution in [2.24, 2.45) is 0 Å². The van der Waals surface area contributed by atoms with Gasteiger partial charge in [-0.3, -0.25) is 4.72 Å². The second kappa shape index (κ2) is 5.97. The van der Waals surface area contributed by atoms with E-state index in [1.807, 2.05) is 26.0 Å². The van der Waals surface area contributed by atoms with E-state index in [2.05, 4.69) is 20.7 Å². The zero-order valence-electron chi connectivity index (χ0n) is 11.4. The third-order valence-corrected chi connectivity index (χ3v) is 5.27. The van der Waals surface area contributed by atoms with Gasteiger partial charge in [-0.05, 0) is 48.7 Å². The van der Waals surface area contributed by atoms with Gasteiger partial charge in [-0.15, -0.1) is 0 Å². The lowest BCUT2D eigenvalue weighted by Crippen LogP contribution is -2.14. The Balaban J connectivity index is 2.33. The molecule has 0 amide bonds. The van der Waals surface area contributed by atoms with E-state index < -0.39 is 10.0 Å². The number of halogens is 1. The van der Waals surface area contributed by atoms with Gasteiger partial charge in [0.25, 0.3) is 10.0 Å². The SMILES string of the molecule is Cc1cccc(NS(=O)(=O)c2ccc(CBr)cc2)c1C. The standard InChI is InChI=1S/C15H16BrNO2S/c1-11-4-3-5-15(12(11)2)17-20(18,19)14-8-6-13(10-16)7-9-14/h3-9,17H,10H2,1-2H3. The minimum absolute atomic E-state index is 0.267. The number of nitrogens with one attached hydrogen (secondary N) is 1. The van der Waals surface area contributed by atoms with Gasteiger partial charge in [0.1, 0.15) is 0 Å². The molecule has 20 heavy (non-hydrogen) atoms. The molecule has 0 atom stereocenters. The van der Waals surface area contributed by atoms with Crippen molar-refractivity contribution < 1.29 is 8.42 Å². The molecule has 2 aromatic carbocycles. The highest BCUT2D eigenvalue weighted by Gasteiger charge is 2.15. The third-order valence-electron chi connectivity index (χ3n) is 3.24. The summed E-state index contributed by atoms with van der Waals surface area (Å²) in [5.41, 5.74) is 3.65. The van der Waals surface area contributed by atoms with Gasteiger partial charge in [0.2, 0.25) is 0 Å². The van der Waals surface area contributed by atoms with E-state index in [0.29, 0.717) is 11.0 Å². The van der Waals surface area contributed by atoms with Crippen molar-refractivity contribution in [2.45, 2.75) is 24.1 Å². The molecule has 2 rings (SSSR count). The summed E-state index contributed by atoms with van der Waals surface area (Å²) in [5.74, 6) is 0. The molecule has 0 saturated heterocycles. The molecule has 0 aliphatic rings. The summed E-state index contributed by atoms with van der Waals surface area (Å²) in [6.07, 6.45) is 0. The molecule has 3 nitrogen and oxygen atoms in total. The van der Waals surface area contributed by atoms with Crippen LogP contribution < -0.4 is 4.72 Å². The van der Waals surface area contributed by atoms with E-state index in [1.54, 1.807) is 30.3 Å². The van der Waals surface area contributed by atoms with Crippen molar-refractivity contribution in [1.29, 1.82) is 0 Å². The summed E-state index contributed by atoms with van der Waals surface area (Å²) in [6, 6.07) is 12.4. The quantitative estimate of drug-likeness (QED) is 0.844. The second-order valence-corrected chi connectivity index (χ2v) is 6.87. The largest absolute Gasteiger partial charge is 0.279 e. The monoisotopic (exact) mass is 353 g/mol. The maximum Gasteiger partial charge on any atom is 0.261 e. The lowest BCUT2D eigenvalue weighted by atomic mass is 10.1. The molecule has 0 spiro atoms. The molecule has 0 bridgehead atoms. The lowest BCUT2D eigenvalue weighted by molar-refractivity contribution is 0.601. The predicted molar refractivity (Wildman–Crippen MR) is 85.8 cm³/mol. The fourth-order valence-electron chi connectivity index (χ4n) is 1.82. The normalized spacial score (nSPS) is 11.3. The van der Waals surface area contributed by atoms with Crippen molar-refractivity contribution in [3.63, 3.8) is 0 Å². The smallest absolute Gasteiger partial charge is 0.261 e. The van der Waals surface area contributed by atoms with Crippen LogP contribution in [0, 0.1) is 13.8 Å². The fourth-order valence-corrected chi connectivity index (χ4v) is 3.32. The topological polar surface area (TPSA) is 46.2 Å². The van der Waals surface area contributed by atoms with Crippen LogP contribution in [0.3, 0.4) is 0 Å². The highest BCUT2D eigenvalue weighted by Crippen LogP contribution is 2.22. The predicted octanol–water partition coefficient (Wildman–Crippen LogP) is 4.00. The van der Waals surface area contributed by atoms with Crippen molar-refractivity contribution in [3.8, 4) is 0 Å². The van der Waals surface area contributed by atoms with Crippen LogP contribution in [0.2, 0.25) is 0 Å². The Morgan fingerprint density at radius 3 is 2.30 bits per heavy atom.